The van der Waals surface area contributed by atoms with Crippen LogP contribution < -0.4 is 18.9 Å². The fraction of sp³-hybridized carbons (Fsp3) is 0.300. The molecule has 0 saturated carbocycles. The van der Waals surface area contributed by atoms with Crippen molar-refractivity contribution in [3.05, 3.63) is 46.5 Å². The third-order valence-electron chi connectivity index (χ3n) is 5.27. The van der Waals surface area contributed by atoms with Crippen molar-refractivity contribution in [3.8, 4) is 23.0 Å². The van der Waals surface area contributed by atoms with E-state index in [0.717, 1.165) is 40.3 Å². The van der Waals surface area contributed by atoms with Gasteiger partial charge in [0, 0.05) is 17.8 Å². The van der Waals surface area contributed by atoms with Crippen molar-refractivity contribution in [3.63, 3.8) is 0 Å². The quantitative estimate of drug-likeness (QED) is 0.896. The molecule has 3 aliphatic rings. The standard InChI is InChI=1S/C20H19NO5/c1-23-15-4-3-12-7-14-13-9-17-16(25-10-26-17)8-11(13)5-6-21(14)20(22)18(12)19(15)24-2/h3-4,7-9,20,22H,5-6,10H2,1-2H3/t20-/m0/s1. The van der Waals surface area contributed by atoms with E-state index < -0.39 is 6.23 Å². The van der Waals surface area contributed by atoms with Gasteiger partial charge in [-0.2, -0.15) is 0 Å². The third-order valence-corrected chi connectivity index (χ3v) is 5.27. The lowest BCUT2D eigenvalue weighted by Gasteiger charge is -2.40. The number of hydrogen-bond donors (Lipinski definition) is 1. The SMILES string of the molecule is COc1ccc2c(c1OC)[C@H](O)N1CCc3cc4c(cc3C1=C2)OCO4. The molecule has 134 valence electrons. The fourth-order valence-corrected chi connectivity index (χ4v) is 4.02. The maximum Gasteiger partial charge on any atom is 0.231 e. The predicted octanol–water partition coefficient (Wildman–Crippen LogP) is 2.79. The smallest absolute Gasteiger partial charge is 0.231 e. The molecule has 0 unspecified atom stereocenters. The number of fused-ring (bicyclic) bond motifs is 5. The van der Waals surface area contributed by atoms with Crippen LogP contribution in [-0.4, -0.2) is 37.6 Å². The van der Waals surface area contributed by atoms with Crippen LogP contribution in [0, 0.1) is 0 Å². The summed E-state index contributed by atoms with van der Waals surface area (Å²) in [6.07, 6.45) is 2.11. The summed E-state index contributed by atoms with van der Waals surface area (Å²) in [6.45, 7) is 0.961. The van der Waals surface area contributed by atoms with Crippen molar-refractivity contribution in [2.24, 2.45) is 0 Å². The zero-order chi connectivity index (χ0) is 17.8. The molecule has 1 atom stereocenters. The van der Waals surface area contributed by atoms with Gasteiger partial charge in [0.25, 0.3) is 0 Å². The predicted molar refractivity (Wildman–Crippen MR) is 95.4 cm³/mol. The highest BCUT2D eigenvalue weighted by Gasteiger charge is 2.35. The summed E-state index contributed by atoms with van der Waals surface area (Å²) in [4.78, 5) is 1.99. The molecule has 26 heavy (non-hydrogen) atoms. The Morgan fingerprint density at radius 2 is 1.92 bits per heavy atom. The Morgan fingerprint density at radius 3 is 2.69 bits per heavy atom. The Bertz CT molecular complexity index is 936. The first-order valence-corrected chi connectivity index (χ1v) is 8.55. The minimum Gasteiger partial charge on any atom is -0.493 e. The lowest BCUT2D eigenvalue weighted by molar-refractivity contribution is 0.0394. The highest BCUT2D eigenvalue weighted by molar-refractivity contribution is 5.87. The van der Waals surface area contributed by atoms with Crippen LogP contribution in [0.25, 0.3) is 11.8 Å². The van der Waals surface area contributed by atoms with E-state index in [-0.39, 0.29) is 6.79 Å². The molecule has 3 heterocycles. The summed E-state index contributed by atoms with van der Waals surface area (Å²) in [5.41, 5.74) is 4.91. The Morgan fingerprint density at radius 1 is 1.12 bits per heavy atom. The van der Waals surface area contributed by atoms with Gasteiger partial charge < -0.3 is 29.0 Å². The Balaban J connectivity index is 1.70. The number of rotatable bonds is 2. The number of ether oxygens (including phenoxy) is 4. The van der Waals surface area contributed by atoms with E-state index in [1.165, 1.54) is 5.56 Å². The van der Waals surface area contributed by atoms with Crippen molar-refractivity contribution in [1.82, 2.24) is 4.90 Å². The van der Waals surface area contributed by atoms with Crippen molar-refractivity contribution < 1.29 is 24.1 Å². The molecule has 2 aromatic carbocycles. The van der Waals surface area contributed by atoms with E-state index in [0.29, 0.717) is 18.0 Å². The van der Waals surface area contributed by atoms with Crippen LogP contribution in [0.4, 0.5) is 0 Å². The largest absolute Gasteiger partial charge is 0.493 e. The van der Waals surface area contributed by atoms with Crippen molar-refractivity contribution in [1.29, 1.82) is 0 Å². The van der Waals surface area contributed by atoms with Crippen LogP contribution in [0.1, 0.15) is 28.5 Å². The van der Waals surface area contributed by atoms with E-state index in [1.807, 2.05) is 29.2 Å². The van der Waals surface area contributed by atoms with Crippen molar-refractivity contribution >= 4 is 11.8 Å². The molecule has 0 amide bonds. The first-order valence-electron chi connectivity index (χ1n) is 8.55. The summed E-state index contributed by atoms with van der Waals surface area (Å²) in [5.74, 6) is 2.73. The van der Waals surface area contributed by atoms with Crippen LogP contribution in [0.5, 0.6) is 23.0 Å². The summed E-state index contributed by atoms with van der Waals surface area (Å²) in [6, 6.07) is 7.87. The molecule has 3 aliphatic heterocycles. The summed E-state index contributed by atoms with van der Waals surface area (Å²) in [5, 5.41) is 11.1. The van der Waals surface area contributed by atoms with E-state index >= 15 is 0 Å². The lowest BCUT2D eigenvalue weighted by Crippen LogP contribution is -2.35. The number of benzene rings is 2. The molecule has 0 aliphatic carbocycles. The number of aliphatic hydroxyl groups excluding tert-OH is 1. The fourth-order valence-electron chi connectivity index (χ4n) is 4.02. The zero-order valence-electron chi connectivity index (χ0n) is 14.6. The van der Waals surface area contributed by atoms with Crippen LogP contribution in [0.2, 0.25) is 0 Å². The van der Waals surface area contributed by atoms with Crippen LogP contribution in [0.3, 0.4) is 0 Å². The van der Waals surface area contributed by atoms with Crippen LogP contribution in [0.15, 0.2) is 24.3 Å². The normalized spacial score (nSPS) is 19.3. The van der Waals surface area contributed by atoms with E-state index in [9.17, 15) is 5.11 Å². The van der Waals surface area contributed by atoms with Gasteiger partial charge in [-0.15, -0.1) is 0 Å². The number of aliphatic hydroxyl groups is 1. The highest BCUT2D eigenvalue weighted by Crippen LogP contribution is 2.48. The van der Waals surface area contributed by atoms with Crippen LogP contribution in [-0.2, 0) is 6.42 Å². The Labute approximate surface area is 151 Å². The number of methoxy groups -OCH3 is 2. The molecule has 6 heteroatoms. The minimum absolute atomic E-state index is 0.253. The second kappa shape index (κ2) is 5.57. The summed E-state index contributed by atoms with van der Waals surface area (Å²) >= 11 is 0. The molecule has 0 aromatic heterocycles. The second-order valence-electron chi connectivity index (χ2n) is 6.51. The first-order chi connectivity index (χ1) is 12.7. The number of hydrogen-bond acceptors (Lipinski definition) is 6. The Hall–Kier alpha value is -2.86. The highest BCUT2D eigenvalue weighted by atomic mass is 16.7. The second-order valence-corrected chi connectivity index (χ2v) is 6.51. The van der Waals surface area contributed by atoms with Gasteiger partial charge in [0.05, 0.1) is 19.8 Å². The molecule has 2 aromatic rings. The molecule has 5 rings (SSSR count). The molecule has 0 radical (unpaired) electrons. The van der Waals surface area contributed by atoms with Gasteiger partial charge in [-0.05, 0) is 41.8 Å². The molecule has 0 bridgehead atoms. The van der Waals surface area contributed by atoms with Crippen molar-refractivity contribution in [2.75, 3.05) is 27.6 Å². The lowest BCUT2D eigenvalue weighted by atomic mass is 9.89. The first kappa shape index (κ1) is 15.4. The molecule has 0 saturated heterocycles. The molecular weight excluding hydrogens is 334 g/mol. The van der Waals surface area contributed by atoms with E-state index in [2.05, 4.69) is 6.08 Å². The molecular formula is C20H19NO5. The van der Waals surface area contributed by atoms with Gasteiger partial charge in [-0.1, -0.05) is 6.07 Å². The maximum atomic E-state index is 11.1. The van der Waals surface area contributed by atoms with Gasteiger partial charge >= 0.3 is 0 Å². The average molecular weight is 353 g/mol. The molecule has 1 N–H and O–H groups in total. The maximum absolute atomic E-state index is 11.1. The summed E-state index contributed by atoms with van der Waals surface area (Å²) < 4.78 is 22.0. The van der Waals surface area contributed by atoms with E-state index in [4.69, 9.17) is 18.9 Å². The minimum atomic E-state index is -0.798. The van der Waals surface area contributed by atoms with Gasteiger partial charge in [0.1, 0.15) is 0 Å². The third kappa shape index (κ3) is 2.02. The molecule has 0 fully saturated rings. The molecule has 6 nitrogen and oxygen atoms in total. The van der Waals surface area contributed by atoms with Gasteiger partial charge in [-0.25, -0.2) is 0 Å². The zero-order valence-corrected chi connectivity index (χ0v) is 14.6. The van der Waals surface area contributed by atoms with E-state index in [1.54, 1.807) is 14.2 Å². The topological polar surface area (TPSA) is 60.4 Å². The Kier molecular flexibility index (Phi) is 3.30. The van der Waals surface area contributed by atoms with Gasteiger partial charge in [0.2, 0.25) is 6.79 Å². The van der Waals surface area contributed by atoms with Crippen LogP contribution >= 0.6 is 0 Å². The monoisotopic (exact) mass is 353 g/mol. The number of nitrogens with zero attached hydrogens (tertiary/aromatic N) is 1. The average Bonchev–Trinajstić information content (AvgIpc) is 3.12. The van der Waals surface area contributed by atoms with Gasteiger partial charge in [-0.3, -0.25) is 0 Å². The van der Waals surface area contributed by atoms with Gasteiger partial charge in [0.15, 0.2) is 29.2 Å². The summed E-state index contributed by atoms with van der Waals surface area (Å²) in [7, 11) is 3.19. The van der Waals surface area contributed by atoms with Crippen molar-refractivity contribution in [2.45, 2.75) is 12.6 Å². The molecule has 0 spiro atoms.